The maximum atomic E-state index is 12.4. The lowest BCUT2D eigenvalue weighted by atomic mass is 10.1. The number of tetrazole rings is 2. The second-order valence-electron chi connectivity index (χ2n) is 13.5. The lowest BCUT2D eigenvalue weighted by molar-refractivity contribution is -0.862. The first-order chi connectivity index (χ1) is 22.4. The molecule has 19 nitrogen and oxygen atoms in total. The predicted molar refractivity (Wildman–Crippen MR) is 176 cm³/mol. The molecule has 0 aliphatic rings. The van der Waals surface area contributed by atoms with Crippen molar-refractivity contribution in [2.75, 3.05) is 34.2 Å². The van der Waals surface area contributed by atoms with Crippen LogP contribution in [-0.4, -0.2) is 121 Å². The number of aromatic nitrogens is 8. The van der Waals surface area contributed by atoms with E-state index in [1.54, 1.807) is 14.1 Å². The Balaban J connectivity index is 0.000000480. The molecule has 2 heterocycles. The summed E-state index contributed by atoms with van der Waals surface area (Å²) < 4.78 is 5.73. The molecule has 2 atom stereocenters. The first kappa shape index (κ1) is 41.9. The summed E-state index contributed by atoms with van der Waals surface area (Å²) in [6.45, 7) is 6.78. The lowest BCUT2D eigenvalue weighted by Gasteiger charge is -2.25. The van der Waals surface area contributed by atoms with Gasteiger partial charge in [0.2, 0.25) is 11.8 Å². The van der Waals surface area contributed by atoms with E-state index in [-0.39, 0.29) is 36.8 Å². The van der Waals surface area contributed by atoms with Crippen molar-refractivity contribution < 1.29 is 28.4 Å². The van der Waals surface area contributed by atoms with Crippen molar-refractivity contribution in [2.45, 2.75) is 103 Å². The number of aryl methyl sites for hydroxylation is 2. The fraction of sp³-hybridized carbons (Fsp3) is 0.793. The zero-order valence-electron chi connectivity index (χ0n) is 29.9. The summed E-state index contributed by atoms with van der Waals surface area (Å²) in [6, 6.07) is -1.17. The second kappa shape index (κ2) is 21.0. The van der Waals surface area contributed by atoms with E-state index in [4.69, 9.17) is 16.2 Å². The van der Waals surface area contributed by atoms with Crippen LogP contribution in [0.3, 0.4) is 0 Å². The van der Waals surface area contributed by atoms with E-state index >= 15 is 0 Å². The Hall–Kier alpha value is -4.10. The molecule has 0 aliphatic carbocycles. The number of nitrogens with two attached hydrogens (primary N) is 2. The summed E-state index contributed by atoms with van der Waals surface area (Å²) in [5.74, 6) is 0.0116. The van der Waals surface area contributed by atoms with E-state index in [2.05, 4.69) is 46.8 Å². The third kappa shape index (κ3) is 20.2. The van der Waals surface area contributed by atoms with Gasteiger partial charge in [-0.15, -0.1) is 20.4 Å². The molecule has 0 aliphatic heterocycles. The highest BCUT2D eigenvalue weighted by atomic mass is 16.6. The van der Waals surface area contributed by atoms with Gasteiger partial charge in [0, 0.05) is 6.42 Å². The van der Waals surface area contributed by atoms with E-state index in [0.717, 1.165) is 32.1 Å². The van der Waals surface area contributed by atoms with Crippen molar-refractivity contribution >= 4 is 23.7 Å². The van der Waals surface area contributed by atoms with Crippen molar-refractivity contribution in [3.63, 3.8) is 0 Å². The summed E-state index contributed by atoms with van der Waals surface area (Å²) in [7, 11) is 9.06. The van der Waals surface area contributed by atoms with Crippen LogP contribution < -0.4 is 27.4 Å². The Morgan fingerprint density at radius 2 is 1.38 bits per heavy atom. The van der Waals surface area contributed by atoms with Crippen molar-refractivity contribution in [1.82, 2.24) is 56.4 Å². The minimum absolute atomic E-state index is 0.159. The van der Waals surface area contributed by atoms with Gasteiger partial charge in [-0.05, 0) is 69.8 Å². The summed E-state index contributed by atoms with van der Waals surface area (Å²) >= 11 is 0. The second-order valence-corrected chi connectivity index (χ2v) is 13.5. The molecule has 0 spiro atoms. The number of nitrogens with zero attached hydrogens (tertiary/aromatic N) is 9. The highest BCUT2D eigenvalue weighted by Crippen LogP contribution is 2.11. The smallest absolute Gasteiger partial charge is 0.306 e. The lowest BCUT2D eigenvalue weighted by Crippen LogP contribution is -2.51. The fourth-order valence-corrected chi connectivity index (χ4v) is 4.14. The summed E-state index contributed by atoms with van der Waals surface area (Å²) in [5.41, 5.74) is 10.9. The Labute approximate surface area is 282 Å². The average molecular weight is 682 g/mol. The van der Waals surface area contributed by atoms with Gasteiger partial charge in [-0.25, -0.2) is 0 Å². The molecule has 0 radical (unpaired) electrons. The number of likely N-dealkylation sites (N-methyl/N-ethyl adjacent to an activating group) is 1. The van der Waals surface area contributed by atoms with Gasteiger partial charge >= 0.3 is 5.97 Å². The summed E-state index contributed by atoms with van der Waals surface area (Å²) in [6.07, 6.45) is 5.40. The molecule has 0 unspecified atom stereocenters. The number of unbranched alkanes of at least 4 members (excludes halogenated alkanes) is 3. The number of esters is 1. The van der Waals surface area contributed by atoms with E-state index in [9.17, 15) is 19.2 Å². The molecule has 48 heavy (non-hydrogen) atoms. The maximum absolute atomic E-state index is 12.4. The third-order valence-corrected chi connectivity index (χ3v) is 6.31. The molecule has 7 N–H and O–H groups in total. The molecule has 0 bridgehead atoms. The molecular formula is C29H57N14O5+. The zero-order chi connectivity index (χ0) is 36.3. The van der Waals surface area contributed by atoms with E-state index < -0.39 is 17.7 Å². The Morgan fingerprint density at radius 3 is 1.85 bits per heavy atom. The van der Waals surface area contributed by atoms with Gasteiger partial charge in [-0.3, -0.25) is 19.2 Å². The van der Waals surface area contributed by atoms with Crippen molar-refractivity contribution in [3.8, 4) is 0 Å². The molecule has 2 rings (SSSR count). The van der Waals surface area contributed by atoms with E-state index in [1.165, 1.54) is 9.59 Å². The first-order valence-electron chi connectivity index (χ1n) is 16.2. The largest absolute Gasteiger partial charge is 0.460 e. The Kier molecular flexibility index (Phi) is 18.3. The van der Waals surface area contributed by atoms with Gasteiger partial charge in [0.05, 0.1) is 54.4 Å². The molecule has 2 aromatic heterocycles. The highest BCUT2D eigenvalue weighted by Gasteiger charge is 2.23. The first-order valence-corrected chi connectivity index (χ1v) is 16.2. The SMILES string of the molecule is Cn1nnc(CNC(=O)[C@@H](N)CCCCCC(=O)OC(C)(C)C)n1.Cn1nnc(CNC(=O)[C@H](CCCCN)NC(=O)C[N+](C)(C)C)n1. The molecule has 0 saturated carbocycles. The maximum Gasteiger partial charge on any atom is 0.306 e. The van der Waals surface area contributed by atoms with Crippen LogP contribution in [0.25, 0.3) is 0 Å². The minimum atomic E-state index is -0.590. The standard InChI is InChI=1S/C15H28N6O3.C14H28N8O2/c1-15(2,3)24-13(22)9-7-5-6-8-11(16)14(23)17-10-12-18-20-21(4)19-12;1-21-19-12(18-20-21)9-16-14(24)11(7-5-6-8-15)17-13(23)10-22(2,3)4/h11H,5-10,16H2,1-4H3,(H,17,23);11H,5-10,15H2,1-4H3,(H-,16,17,23,24)/p+1/t2*11-/m00/s1. The normalized spacial score (nSPS) is 12.7. The van der Waals surface area contributed by atoms with Crippen molar-refractivity contribution in [1.29, 1.82) is 0 Å². The van der Waals surface area contributed by atoms with Crippen LogP contribution in [-0.2, 0) is 51.1 Å². The number of hydrogen-bond donors (Lipinski definition) is 5. The molecule has 3 amide bonds. The van der Waals surface area contributed by atoms with Crippen LogP contribution in [0.15, 0.2) is 0 Å². The van der Waals surface area contributed by atoms with Crippen LogP contribution in [0.1, 0.15) is 83.8 Å². The third-order valence-electron chi connectivity index (χ3n) is 6.31. The number of quaternary nitrogens is 1. The quantitative estimate of drug-likeness (QED) is 0.0650. The number of nitrogens with one attached hydrogen (secondary N) is 3. The predicted octanol–water partition coefficient (Wildman–Crippen LogP) is -1.41. The van der Waals surface area contributed by atoms with Gasteiger partial charge in [0.1, 0.15) is 11.6 Å². The molecule has 272 valence electrons. The molecule has 19 heteroatoms. The number of carbonyl (C=O) groups excluding carboxylic acids is 4. The number of ether oxygens (including phenoxy) is 1. The molecule has 0 fully saturated rings. The summed E-state index contributed by atoms with van der Waals surface area (Å²) in [4.78, 5) is 50.6. The fourth-order valence-electron chi connectivity index (χ4n) is 4.14. The Morgan fingerprint density at radius 1 is 0.833 bits per heavy atom. The van der Waals surface area contributed by atoms with Crippen molar-refractivity contribution in [3.05, 3.63) is 11.6 Å². The van der Waals surface area contributed by atoms with Gasteiger partial charge in [-0.2, -0.15) is 9.59 Å². The number of hydrogen-bond acceptors (Lipinski definition) is 13. The number of rotatable bonds is 19. The topological polar surface area (TPSA) is 253 Å². The zero-order valence-corrected chi connectivity index (χ0v) is 29.9. The minimum Gasteiger partial charge on any atom is -0.460 e. The van der Waals surface area contributed by atoms with E-state index in [1.807, 2.05) is 41.9 Å². The van der Waals surface area contributed by atoms with Crippen LogP contribution in [0, 0.1) is 0 Å². The van der Waals surface area contributed by atoms with Crippen LogP contribution in [0.5, 0.6) is 0 Å². The molecular weight excluding hydrogens is 624 g/mol. The van der Waals surface area contributed by atoms with Crippen LogP contribution in [0.4, 0.5) is 0 Å². The molecule has 2 aromatic rings. The number of carbonyl (C=O) groups is 4. The van der Waals surface area contributed by atoms with Gasteiger partial charge in [0.25, 0.3) is 5.91 Å². The molecule has 0 saturated heterocycles. The van der Waals surface area contributed by atoms with E-state index in [0.29, 0.717) is 48.5 Å². The molecule has 0 aromatic carbocycles. The summed E-state index contributed by atoms with van der Waals surface area (Å²) in [5, 5.41) is 31.2. The van der Waals surface area contributed by atoms with Crippen LogP contribution in [0.2, 0.25) is 0 Å². The van der Waals surface area contributed by atoms with Gasteiger partial charge in [-0.1, -0.05) is 12.8 Å². The van der Waals surface area contributed by atoms with Crippen LogP contribution >= 0.6 is 0 Å². The monoisotopic (exact) mass is 681 g/mol. The van der Waals surface area contributed by atoms with Crippen molar-refractivity contribution in [2.24, 2.45) is 25.6 Å². The number of amides is 3. The average Bonchev–Trinajstić information content (AvgIpc) is 3.59. The van der Waals surface area contributed by atoms with Gasteiger partial charge in [0.15, 0.2) is 18.2 Å². The van der Waals surface area contributed by atoms with Gasteiger partial charge < -0.3 is 36.6 Å². The Bertz CT molecular complexity index is 1270. The highest BCUT2D eigenvalue weighted by molar-refractivity contribution is 5.87.